The molecule has 9 heteroatoms. The number of hydrogen-bond acceptors (Lipinski definition) is 6. The van der Waals surface area contributed by atoms with E-state index in [-0.39, 0.29) is 10.0 Å². The minimum Gasteiger partial charge on any atom is -0.268 e. The van der Waals surface area contributed by atoms with Crippen molar-refractivity contribution in [3.05, 3.63) is 16.4 Å². The molecular weight excluding hydrogens is 286 g/mol. The van der Waals surface area contributed by atoms with Crippen molar-refractivity contribution in [1.82, 2.24) is 20.0 Å². The summed E-state index contributed by atoms with van der Waals surface area (Å²) in [6, 6.07) is 0. The number of rotatable bonds is 4. The topological polar surface area (TPSA) is 89.8 Å². The zero-order valence-corrected chi connectivity index (χ0v) is 12.8. The first kappa shape index (κ1) is 13.9. The van der Waals surface area contributed by atoms with Crippen molar-refractivity contribution in [1.29, 1.82) is 0 Å². The lowest BCUT2D eigenvalue weighted by atomic mass is 10.4. The summed E-state index contributed by atoms with van der Waals surface area (Å²) in [4.78, 5) is 0.210. The molecule has 0 aliphatic rings. The number of nitrogens with zero attached hydrogens (tertiary/aromatic N) is 4. The van der Waals surface area contributed by atoms with Gasteiger partial charge in [0.1, 0.15) is 9.90 Å². The minimum absolute atomic E-state index is 0.210. The molecule has 19 heavy (non-hydrogen) atoms. The van der Waals surface area contributed by atoms with E-state index in [1.807, 2.05) is 6.92 Å². The van der Waals surface area contributed by atoms with Gasteiger partial charge >= 0.3 is 0 Å². The van der Waals surface area contributed by atoms with Gasteiger partial charge < -0.3 is 0 Å². The number of nitrogens with one attached hydrogen (secondary N) is 1. The first-order valence-electron chi connectivity index (χ1n) is 5.72. The second kappa shape index (κ2) is 4.89. The molecule has 2 aromatic heterocycles. The molecule has 2 rings (SSSR count). The maximum Gasteiger partial charge on any atom is 0.267 e. The van der Waals surface area contributed by atoms with Crippen molar-refractivity contribution < 1.29 is 8.42 Å². The average molecular weight is 301 g/mol. The molecule has 1 N–H and O–H groups in total. The predicted molar refractivity (Wildman–Crippen MR) is 72.8 cm³/mol. The molecule has 2 heterocycles. The SMILES string of the molecule is CCn1nc(C)c(S(=O)(=O)Nc2nnc(C)s2)c1C. The molecule has 0 bridgehead atoms. The summed E-state index contributed by atoms with van der Waals surface area (Å²) < 4.78 is 28.8. The minimum atomic E-state index is -3.68. The van der Waals surface area contributed by atoms with Gasteiger partial charge in [-0.2, -0.15) is 5.10 Å². The summed E-state index contributed by atoms with van der Waals surface area (Å²) in [5.74, 6) is 0. The van der Waals surface area contributed by atoms with Gasteiger partial charge in [-0.15, -0.1) is 10.2 Å². The second-order valence-electron chi connectivity index (χ2n) is 4.05. The van der Waals surface area contributed by atoms with Crippen molar-refractivity contribution >= 4 is 26.5 Å². The van der Waals surface area contributed by atoms with Gasteiger partial charge in [0.2, 0.25) is 5.13 Å². The Morgan fingerprint density at radius 2 is 1.95 bits per heavy atom. The summed E-state index contributed by atoms with van der Waals surface area (Å²) in [6.07, 6.45) is 0. The number of anilines is 1. The number of hydrogen-bond donors (Lipinski definition) is 1. The summed E-state index contributed by atoms with van der Waals surface area (Å²) in [5.41, 5.74) is 1.10. The van der Waals surface area contributed by atoms with E-state index in [0.717, 1.165) is 0 Å². The molecule has 0 spiro atoms. The van der Waals surface area contributed by atoms with Gasteiger partial charge in [-0.25, -0.2) is 8.42 Å². The van der Waals surface area contributed by atoms with Crippen LogP contribution in [-0.4, -0.2) is 28.4 Å². The van der Waals surface area contributed by atoms with Gasteiger partial charge in [0.05, 0.1) is 11.4 Å². The first-order valence-corrected chi connectivity index (χ1v) is 8.02. The number of aryl methyl sites for hydroxylation is 3. The summed E-state index contributed by atoms with van der Waals surface area (Å²) in [5, 5.41) is 12.7. The van der Waals surface area contributed by atoms with Crippen molar-refractivity contribution in [3.63, 3.8) is 0 Å². The Morgan fingerprint density at radius 1 is 1.26 bits per heavy atom. The van der Waals surface area contributed by atoms with E-state index >= 15 is 0 Å². The molecule has 0 aromatic carbocycles. The Hall–Kier alpha value is -1.48. The third kappa shape index (κ3) is 2.61. The molecule has 0 fully saturated rings. The van der Waals surface area contributed by atoms with Gasteiger partial charge in [0, 0.05) is 6.54 Å². The van der Waals surface area contributed by atoms with Gasteiger partial charge in [-0.3, -0.25) is 9.40 Å². The van der Waals surface area contributed by atoms with Crippen LogP contribution >= 0.6 is 11.3 Å². The van der Waals surface area contributed by atoms with Crippen LogP contribution in [0.2, 0.25) is 0 Å². The van der Waals surface area contributed by atoms with Crippen molar-refractivity contribution in [3.8, 4) is 0 Å². The lowest BCUT2D eigenvalue weighted by Gasteiger charge is -2.05. The fraction of sp³-hybridized carbons (Fsp3) is 0.500. The Bertz CT molecular complexity index is 702. The van der Waals surface area contributed by atoms with E-state index in [1.54, 1.807) is 25.5 Å². The first-order chi connectivity index (χ1) is 8.85. The second-order valence-corrected chi connectivity index (χ2v) is 6.85. The summed E-state index contributed by atoms with van der Waals surface area (Å²) in [6.45, 7) is 7.72. The van der Waals surface area contributed by atoms with E-state index in [1.165, 1.54) is 11.3 Å². The van der Waals surface area contributed by atoms with E-state index < -0.39 is 10.0 Å². The lowest BCUT2D eigenvalue weighted by molar-refractivity contribution is 0.598. The van der Waals surface area contributed by atoms with Crippen LogP contribution in [0.5, 0.6) is 0 Å². The molecule has 0 atom stereocenters. The Kier molecular flexibility index (Phi) is 3.59. The van der Waals surface area contributed by atoms with E-state index in [9.17, 15) is 8.42 Å². The molecule has 0 saturated heterocycles. The van der Waals surface area contributed by atoms with Crippen molar-refractivity contribution in [2.75, 3.05) is 4.72 Å². The molecule has 104 valence electrons. The van der Waals surface area contributed by atoms with E-state index in [4.69, 9.17) is 0 Å². The molecule has 0 amide bonds. The molecule has 0 radical (unpaired) electrons. The zero-order valence-electron chi connectivity index (χ0n) is 11.1. The van der Waals surface area contributed by atoms with Crippen LogP contribution < -0.4 is 4.72 Å². The van der Waals surface area contributed by atoms with Crippen LogP contribution in [0, 0.1) is 20.8 Å². The monoisotopic (exact) mass is 301 g/mol. The normalized spacial score (nSPS) is 11.8. The van der Waals surface area contributed by atoms with E-state index in [0.29, 0.717) is 22.9 Å². The van der Waals surface area contributed by atoms with Crippen LogP contribution in [0.4, 0.5) is 5.13 Å². The van der Waals surface area contributed by atoms with Gasteiger partial charge in [-0.05, 0) is 27.7 Å². The number of aromatic nitrogens is 4. The van der Waals surface area contributed by atoms with E-state index in [2.05, 4.69) is 20.0 Å². The highest BCUT2D eigenvalue weighted by atomic mass is 32.2. The molecule has 2 aromatic rings. The maximum absolute atomic E-state index is 12.4. The van der Waals surface area contributed by atoms with Crippen LogP contribution in [0.15, 0.2) is 4.90 Å². The van der Waals surface area contributed by atoms with Crippen molar-refractivity contribution in [2.45, 2.75) is 39.1 Å². The zero-order chi connectivity index (χ0) is 14.2. The maximum atomic E-state index is 12.4. The molecule has 0 aliphatic heterocycles. The fourth-order valence-corrected chi connectivity index (χ4v) is 4.12. The highest BCUT2D eigenvalue weighted by molar-refractivity contribution is 7.93. The Morgan fingerprint density at radius 3 is 2.42 bits per heavy atom. The van der Waals surface area contributed by atoms with Gasteiger partial charge in [0.15, 0.2) is 0 Å². The van der Waals surface area contributed by atoms with Crippen LogP contribution in [0.1, 0.15) is 23.3 Å². The van der Waals surface area contributed by atoms with Crippen LogP contribution in [0.3, 0.4) is 0 Å². The molecule has 7 nitrogen and oxygen atoms in total. The molecular formula is C10H15N5O2S2. The quantitative estimate of drug-likeness (QED) is 0.924. The lowest BCUT2D eigenvalue weighted by Crippen LogP contribution is -2.15. The van der Waals surface area contributed by atoms with Crippen LogP contribution in [-0.2, 0) is 16.6 Å². The largest absolute Gasteiger partial charge is 0.268 e. The van der Waals surface area contributed by atoms with Gasteiger partial charge in [0.25, 0.3) is 10.0 Å². The standard InChI is InChI=1S/C10H15N5O2S2/c1-5-15-7(3)9(6(2)13-15)19(16,17)14-10-12-11-8(4)18-10/h5H2,1-4H3,(H,12,14). The Balaban J connectivity index is 2.42. The molecule has 0 aliphatic carbocycles. The number of sulfonamides is 1. The fourth-order valence-electron chi connectivity index (χ4n) is 1.88. The van der Waals surface area contributed by atoms with Crippen molar-refractivity contribution in [2.24, 2.45) is 0 Å². The highest BCUT2D eigenvalue weighted by Gasteiger charge is 2.25. The predicted octanol–water partition coefficient (Wildman–Crippen LogP) is 1.48. The highest BCUT2D eigenvalue weighted by Crippen LogP contribution is 2.24. The van der Waals surface area contributed by atoms with Gasteiger partial charge in [-0.1, -0.05) is 11.3 Å². The summed E-state index contributed by atoms with van der Waals surface area (Å²) in [7, 11) is -3.68. The smallest absolute Gasteiger partial charge is 0.267 e. The molecule has 0 unspecified atom stereocenters. The summed E-state index contributed by atoms with van der Waals surface area (Å²) >= 11 is 1.19. The molecule has 0 saturated carbocycles. The third-order valence-corrected chi connectivity index (χ3v) is 5.10. The Labute approximate surface area is 115 Å². The average Bonchev–Trinajstić information content (AvgIpc) is 2.82. The third-order valence-electron chi connectivity index (χ3n) is 2.63. The van der Waals surface area contributed by atoms with Crippen LogP contribution in [0.25, 0.3) is 0 Å².